The molecule has 0 aliphatic carbocycles. The molecule has 1 atom stereocenters. The number of hydrogen-bond donors (Lipinski definition) is 1. The largest absolute Gasteiger partial charge is 0.389 e. The fourth-order valence-electron chi connectivity index (χ4n) is 2.59. The van der Waals surface area contributed by atoms with Crippen molar-refractivity contribution in [1.29, 1.82) is 0 Å². The van der Waals surface area contributed by atoms with Gasteiger partial charge in [0.05, 0.1) is 18.3 Å². The number of aliphatic hydroxyl groups excluding tert-OH is 1. The highest BCUT2D eigenvalue weighted by molar-refractivity contribution is 5.28. The third kappa shape index (κ3) is 4.89. The van der Waals surface area contributed by atoms with Gasteiger partial charge in [-0.3, -0.25) is 0 Å². The van der Waals surface area contributed by atoms with Crippen molar-refractivity contribution >= 4 is 0 Å². The molecule has 0 saturated heterocycles. The van der Waals surface area contributed by atoms with Crippen LogP contribution in [0.15, 0.2) is 24.3 Å². The maximum absolute atomic E-state index is 10.1. The fraction of sp³-hybridized carbons (Fsp3) is 0.647. The number of β-amino-alcohol motifs (C(OH)–C–C–N with tert-alkyl or cyclic N) is 1. The van der Waals surface area contributed by atoms with Gasteiger partial charge in [-0.15, -0.1) is 0 Å². The summed E-state index contributed by atoms with van der Waals surface area (Å²) in [5.41, 5.74) is 2.72. The van der Waals surface area contributed by atoms with Crippen LogP contribution < -0.4 is 0 Å². The van der Waals surface area contributed by atoms with Crippen LogP contribution in [0.2, 0.25) is 0 Å². The Morgan fingerprint density at radius 2 is 1.70 bits per heavy atom. The second-order valence-corrected chi connectivity index (χ2v) is 6.65. The maximum Gasteiger partial charge on any atom is 0.0900 e. The minimum absolute atomic E-state index is 0.185. The summed E-state index contributed by atoms with van der Waals surface area (Å²) in [5, 5.41) is 10.1. The first-order chi connectivity index (χ1) is 9.44. The zero-order valence-corrected chi connectivity index (χ0v) is 12.9. The van der Waals surface area contributed by atoms with Gasteiger partial charge >= 0.3 is 0 Å². The number of fused-ring (bicyclic) bond motifs is 1. The summed E-state index contributed by atoms with van der Waals surface area (Å²) < 4.78 is 5.65. The van der Waals surface area contributed by atoms with Crippen molar-refractivity contribution in [3.63, 3.8) is 0 Å². The quantitative estimate of drug-likeness (QED) is 0.916. The van der Waals surface area contributed by atoms with E-state index < -0.39 is 6.10 Å². The molecule has 1 N–H and O–H groups in total. The summed E-state index contributed by atoms with van der Waals surface area (Å²) in [7, 11) is 0. The molecule has 20 heavy (non-hydrogen) atoms. The lowest BCUT2D eigenvalue weighted by molar-refractivity contribution is -0.0558. The van der Waals surface area contributed by atoms with Gasteiger partial charge in [-0.2, -0.15) is 0 Å². The minimum atomic E-state index is -0.407. The van der Waals surface area contributed by atoms with Gasteiger partial charge < -0.3 is 14.7 Å². The Morgan fingerprint density at radius 1 is 1.15 bits per heavy atom. The first kappa shape index (κ1) is 15.5. The smallest absolute Gasteiger partial charge is 0.0900 e. The molecule has 0 amide bonds. The predicted octanol–water partition coefficient (Wildman–Crippen LogP) is 2.26. The Kier molecular flexibility index (Phi) is 5.19. The monoisotopic (exact) mass is 277 g/mol. The van der Waals surface area contributed by atoms with Gasteiger partial charge in [0.15, 0.2) is 0 Å². The van der Waals surface area contributed by atoms with Crippen LogP contribution >= 0.6 is 0 Å². The van der Waals surface area contributed by atoms with Gasteiger partial charge in [0.1, 0.15) is 0 Å². The Hall–Kier alpha value is -0.900. The molecule has 3 heteroatoms. The molecule has 1 aromatic carbocycles. The average Bonchev–Trinajstić information content (AvgIpc) is 2.59. The Bertz CT molecular complexity index is 398. The van der Waals surface area contributed by atoms with Crippen molar-refractivity contribution in [1.82, 2.24) is 4.90 Å². The molecule has 112 valence electrons. The van der Waals surface area contributed by atoms with E-state index in [2.05, 4.69) is 29.2 Å². The third-order valence-corrected chi connectivity index (χ3v) is 3.69. The summed E-state index contributed by atoms with van der Waals surface area (Å²) in [6.45, 7) is 9.19. The van der Waals surface area contributed by atoms with E-state index in [1.54, 1.807) is 0 Å². The molecule has 1 aromatic rings. The molecule has 0 saturated carbocycles. The van der Waals surface area contributed by atoms with E-state index >= 15 is 0 Å². The van der Waals surface area contributed by atoms with Crippen molar-refractivity contribution in [2.45, 2.75) is 45.3 Å². The predicted molar refractivity (Wildman–Crippen MR) is 82.0 cm³/mol. The van der Waals surface area contributed by atoms with Gasteiger partial charge in [-0.25, -0.2) is 0 Å². The summed E-state index contributed by atoms with van der Waals surface area (Å²) in [6.07, 6.45) is 1.74. The number of nitrogens with zero attached hydrogens (tertiary/aromatic N) is 1. The van der Waals surface area contributed by atoms with Crippen LogP contribution in [0.5, 0.6) is 0 Å². The van der Waals surface area contributed by atoms with Crippen LogP contribution in [0.1, 0.15) is 31.9 Å². The van der Waals surface area contributed by atoms with Crippen molar-refractivity contribution in [3.8, 4) is 0 Å². The maximum atomic E-state index is 10.1. The van der Waals surface area contributed by atoms with Gasteiger partial charge in [-0.1, -0.05) is 24.3 Å². The van der Waals surface area contributed by atoms with Crippen molar-refractivity contribution in [3.05, 3.63) is 35.4 Å². The molecule has 0 fully saturated rings. The molecule has 3 nitrogen and oxygen atoms in total. The second kappa shape index (κ2) is 6.70. The molecule has 1 aliphatic heterocycles. The van der Waals surface area contributed by atoms with Crippen LogP contribution in [0, 0.1) is 0 Å². The summed E-state index contributed by atoms with van der Waals surface area (Å²) in [5.74, 6) is 0. The molecule has 1 unspecified atom stereocenters. The van der Waals surface area contributed by atoms with E-state index in [1.165, 1.54) is 11.1 Å². The highest BCUT2D eigenvalue weighted by Crippen LogP contribution is 2.16. The molecule has 1 aliphatic rings. The molecule has 0 radical (unpaired) electrons. The standard InChI is InChI=1S/C17H27NO2/c1-17(2,3)20-13-16(19)12-18-10-8-14-6-4-5-7-15(14)9-11-18/h4-7,16,19H,8-13H2,1-3H3. The first-order valence-corrected chi connectivity index (χ1v) is 7.55. The lowest BCUT2D eigenvalue weighted by atomic mass is 10.0. The molecule has 0 aromatic heterocycles. The van der Waals surface area contributed by atoms with E-state index in [0.717, 1.165) is 25.9 Å². The average molecular weight is 277 g/mol. The van der Waals surface area contributed by atoms with Gasteiger partial charge in [-0.05, 0) is 44.7 Å². The number of benzene rings is 1. The van der Waals surface area contributed by atoms with Crippen LogP contribution in [-0.4, -0.2) is 48.0 Å². The second-order valence-electron chi connectivity index (χ2n) is 6.65. The SMILES string of the molecule is CC(C)(C)OCC(O)CN1CCc2ccccc2CC1. The van der Waals surface area contributed by atoms with Gasteiger partial charge in [0.2, 0.25) is 0 Å². The van der Waals surface area contributed by atoms with Crippen molar-refractivity contribution < 1.29 is 9.84 Å². The lowest BCUT2D eigenvalue weighted by Gasteiger charge is -2.26. The van der Waals surface area contributed by atoms with E-state index in [4.69, 9.17) is 4.74 Å². The van der Waals surface area contributed by atoms with Crippen molar-refractivity contribution in [2.75, 3.05) is 26.2 Å². The highest BCUT2D eigenvalue weighted by atomic mass is 16.5. The molecule has 2 rings (SSSR count). The van der Waals surface area contributed by atoms with Crippen molar-refractivity contribution in [2.24, 2.45) is 0 Å². The number of ether oxygens (including phenoxy) is 1. The molecular weight excluding hydrogens is 250 g/mol. The molecule has 0 bridgehead atoms. The number of aliphatic hydroxyl groups is 1. The topological polar surface area (TPSA) is 32.7 Å². The zero-order chi connectivity index (χ0) is 14.6. The molecular formula is C17H27NO2. The van der Waals surface area contributed by atoms with Crippen LogP contribution in [0.4, 0.5) is 0 Å². The molecule has 1 heterocycles. The van der Waals surface area contributed by atoms with Gasteiger partial charge in [0.25, 0.3) is 0 Å². The number of rotatable bonds is 4. The summed E-state index contributed by atoms with van der Waals surface area (Å²) in [4.78, 5) is 2.34. The summed E-state index contributed by atoms with van der Waals surface area (Å²) in [6, 6.07) is 8.66. The van der Waals surface area contributed by atoms with Gasteiger partial charge in [0, 0.05) is 19.6 Å². The minimum Gasteiger partial charge on any atom is -0.389 e. The highest BCUT2D eigenvalue weighted by Gasteiger charge is 2.18. The number of hydrogen-bond acceptors (Lipinski definition) is 3. The van der Waals surface area contributed by atoms with E-state index in [1.807, 2.05) is 20.8 Å². The van der Waals surface area contributed by atoms with Crippen LogP contribution in [0.3, 0.4) is 0 Å². The first-order valence-electron chi connectivity index (χ1n) is 7.55. The Labute approximate surface area is 122 Å². The zero-order valence-electron chi connectivity index (χ0n) is 12.9. The normalized spacial score (nSPS) is 18.4. The lowest BCUT2D eigenvalue weighted by Crippen LogP contribution is -2.38. The van der Waals surface area contributed by atoms with E-state index in [0.29, 0.717) is 13.2 Å². The summed E-state index contributed by atoms with van der Waals surface area (Å²) >= 11 is 0. The van der Waals surface area contributed by atoms with Crippen LogP contribution in [0.25, 0.3) is 0 Å². The Morgan fingerprint density at radius 3 is 2.20 bits per heavy atom. The van der Waals surface area contributed by atoms with E-state index in [9.17, 15) is 5.11 Å². The van der Waals surface area contributed by atoms with Crippen LogP contribution in [-0.2, 0) is 17.6 Å². The molecule has 0 spiro atoms. The van der Waals surface area contributed by atoms with E-state index in [-0.39, 0.29) is 5.60 Å². The fourth-order valence-corrected chi connectivity index (χ4v) is 2.59. The third-order valence-electron chi connectivity index (χ3n) is 3.69. The Balaban J connectivity index is 1.81.